The zero-order valence-corrected chi connectivity index (χ0v) is 18.8. The quantitative estimate of drug-likeness (QED) is 0.584. The SMILES string of the molecule is CC(C)OC(=O)c1ccc(C([C@H](C)Nc2nn(C)c(=O)c3cccnc23)N(C)C)cc1. The first-order valence-corrected chi connectivity index (χ1v) is 10.2. The number of nitrogens with zero attached hydrogens (tertiary/aromatic N) is 4. The molecule has 2 aromatic heterocycles. The van der Waals surface area contributed by atoms with Gasteiger partial charge in [-0.2, -0.15) is 5.10 Å². The molecule has 2 heterocycles. The molecule has 0 spiro atoms. The molecule has 3 rings (SSSR count). The minimum atomic E-state index is -0.332. The van der Waals surface area contributed by atoms with Crippen LogP contribution in [0.15, 0.2) is 47.4 Å². The van der Waals surface area contributed by atoms with Crippen molar-refractivity contribution in [2.75, 3.05) is 19.4 Å². The molecule has 0 bridgehead atoms. The Bertz CT molecular complexity index is 1120. The number of esters is 1. The lowest BCUT2D eigenvalue weighted by Gasteiger charge is -2.31. The van der Waals surface area contributed by atoms with Crippen molar-refractivity contribution >= 4 is 22.7 Å². The van der Waals surface area contributed by atoms with Gasteiger partial charge in [-0.25, -0.2) is 9.48 Å². The normalized spacial score (nSPS) is 13.4. The van der Waals surface area contributed by atoms with Crippen molar-refractivity contribution in [3.05, 3.63) is 64.1 Å². The fourth-order valence-corrected chi connectivity index (χ4v) is 3.71. The number of likely N-dealkylation sites (N-methyl/N-ethyl adjacent to an activating group) is 1. The third-order valence-electron chi connectivity index (χ3n) is 5.03. The highest BCUT2D eigenvalue weighted by Crippen LogP contribution is 2.26. The molecule has 1 aromatic carbocycles. The van der Waals surface area contributed by atoms with Gasteiger partial charge >= 0.3 is 5.97 Å². The largest absolute Gasteiger partial charge is 0.459 e. The molecule has 0 aliphatic carbocycles. The van der Waals surface area contributed by atoms with Crippen molar-refractivity contribution in [3.8, 4) is 0 Å². The Balaban J connectivity index is 1.89. The van der Waals surface area contributed by atoms with Crippen LogP contribution in [0.1, 0.15) is 42.7 Å². The van der Waals surface area contributed by atoms with E-state index in [2.05, 4.69) is 20.3 Å². The van der Waals surface area contributed by atoms with Gasteiger partial charge in [-0.1, -0.05) is 12.1 Å². The van der Waals surface area contributed by atoms with Gasteiger partial charge in [-0.05, 0) is 64.7 Å². The van der Waals surface area contributed by atoms with E-state index >= 15 is 0 Å². The minimum absolute atomic E-state index is 0.0204. The number of ether oxygens (including phenoxy) is 1. The van der Waals surface area contributed by atoms with Crippen LogP contribution >= 0.6 is 0 Å². The number of rotatable bonds is 7. The summed E-state index contributed by atoms with van der Waals surface area (Å²) >= 11 is 0. The zero-order valence-electron chi connectivity index (χ0n) is 18.8. The first-order chi connectivity index (χ1) is 14.7. The number of pyridine rings is 1. The van der Waals surface area contributed by atoms with E-state index in [1.54, 1.807) is 37.5 Å². The number of hydrogen-bond acceptors (Lipinski definition) is 7. The van der Waals surface area contributed by atoms with E-state index in [1.165, 1.54) is 4.68 Å². The molecule has 0 fully saturated rings. The van der Waals surface area contributed by atoms with Gasteiger partial charge in [0.15, 0.2) is 5.82 Å². The summed E-state index contributed by atoms with van der Waals surface area (Å²) in [5, 5.41) is 8.34. The van der Waals surface area contributed by atoms with Crippen LogP contribution in [0.5, 0.6) is 0 Å². The van der Waals surface area contributed by atoms with Crippen molar-refractivity contribution in [2.45, 2.75) is 39.0 Å². The molecule has 0 aliphatic heterocycles. The number of benzene rings is 1. The summed E-state index contributed by atoms with van der Waals surface area (Å²) in [6.07, 6.45) is 1.49. The Kier molecular flexibility index (Phi) is 6.70. The Labute approximate surface area is 181 Å². The van der Waals surface area contributed by atoms with E-state index in [1.807, 2.05) is 47.0 Å². The third-order valence-corrected chi connectivity index (χ3v) is 5.03. The first kappa shape index (κ1) is 22.4. The molecule has 8 nitrogen and oxygen atoms in total. The van der Waals surface area contributed by atoms with Crippen LogP contribution in [0, 0.1) is 0 Å². The Morgan fingerprint density at radius 2 is 1.81 bits per heavy atom. The predicted octanol–water partition coefficient (Wildman–Crippen LogP) is 3.00. The first-order valence-electron chi connectivity index (χ1n) is 10.2. The monoisotopic (exact) mass is 423 g/mol. The molecule has 3 aromatic rings. The highest BCUT2D eigenvalue weighted by molar-refractivity contribution is 5.89. The second-order valence-electron chi connectivity index (χ2n) is 8.09. The highest BCUT2D eigenvalue weighted by Gasteiger charge is 2.24. The van der Waals surface area contributed by atoms with E-state index in [4.69, 9.17) is 4.74 Å². The van der Waals surface area contributed by atoms with Crippen LogP contribution in [0.25, 0.3) is 10.9 Å². The van der Waals surface area contributed by atoms with E-state index < -0.39 is 0 Å². The summed E-state index contributed by atoms with van der Waals surface area (Å²) in [7, 11) is 5.62. The van der Waals surface area contributed by atoms with E-state index in [0.29, 0.717) is 22.3 Å². The minimum Gasteiger partial charge on any atom is -0.459 e. The van der Waals surface area contributed by atoms with Crippen molar-refractivity contribution in [1.29, 1.82) is 0 Å². The molecule has 0 amide bonds. The molecule has 0 saturated carbocycles. The van der Waals surface area contributed by atoms with Crippen LogP contribution in [-0.2, 0) is 11.8 Å². The van der Waals surface area contributed by atoms with Gasteiger partial charge in [-0.3, -0.25) is 9.78 Å². The smallest absolute Gasteiger partial charge is 0.338 e. The lowest BCUT2D eigenvalue weighted by atomic mass is 9.98. The number of nitrogens with one attached hydrogen (secondary N) is 1. The number of carbonyl (C=O) groups is 1. The molecule has 0 radical (unpaired) electrons. The number of hydrogen-bond donors (Lipinski definition) is 1. The standard InChI is InChI=1S/C23H29N5O3/c1-14(2)31-23(30)17-11-9-16(10-12-17)20(27(4)5)15(3)25-21-19-18(8-7-13-24-19)22(29)28(6)26-21/h7-15,20H,1-6H3,(H,25,26)/t15-,20?/m0/s1. The van der Waals surface area contributed by atoms with Crippen molar-refractivity contribution in [3.63, 3.8) is 0 Å². The summed E-state index contributed by atoms with van der Waals surface area (Å²) < 4.78 is 6.59. The average Bonchev–Trinajstić information content (AvgIpc) is 2.71. The maximum Gasteiger partial charge on any atom is 0.338 e. The van der Waals surface area contributed by atoms with E-state index in [9.17, 15) is 9.59 Å². The molecule has 164 valence electrons. The van der Waals surface area contributed by atoms with Crippen LogP contribution < -0.4 is 10.9 Å². The lowest BCUT2D eigenvalue weighted by molar-refractivity contribution is 0.0378. The summed E-state index contributed by atoms with van der Waals surface area (Å²) in [6, 6.07) is 10.8. The number of carbonyl (C=O) groups excluding carboxylic acids is 1. The topological polar surface area (TPSA) is 89.3 Å². The molecular weight excluding hydrogens is 394 g/mol. The molecule has 0 aliphatic rings. The number of fused-ring (bicyclic) bond motifs is 1. The maximum absolute atomic E-state index is 12.4. The van der Waals surface area contributed by atoms with Gasteiger partial charge in [0.2, 0.25) is 0 Å². The zero-order chi connectivity index (χ0) is 22.7. The second-order valence-corrected chi connectivity index (χ2v) is 8.09. The Hall–Kier alpha value is -3.26. The molecule has 8 heteroatoms. The van der Waals surface area contributed by atoms with Crippen LogP contribution in [0.4, 0.5) is 5.82 Å². The summed E-state index contributed by atoms with van der Waals surface area (Å²) in [6.45, 7) is 5.70. The third kappa shape index (κ3) is 4.91. The van der Waals surface area contributed by atoms with Crippen molar-refractivity contribution < 1.29 is 9.53 Å². The van der Waals surface area contributed by atoms with Gasteiger partial charge in [0.1, 0.15) is 5.52 Å². The Morgan fingerprint density at radius 3 is 2.42 bits per heavy atom. The highest BCUT2D eigenvalue weighted by atomic mass is 16.5. The van der Waals surface area contributed by atoms with Gasteiger partial charge in [0, 0.05) is 19.3 Å². The molecule has 1 unspecified atom stereocenters. The van der Waals surface area contributed by atoms with Crippen LogP contribution in [0.2, 0.25) is 0 Å². The van der Waals surface area contributed by atoms with Gasteiger partial charge in [0.05, 0.1) is 23.1 Å². The predicted molar refractivity (Wildman–Crippen MR) is 121 cm³/mol. The second kappa shape index (κ2) is 9.26. The number of aryl methyl sites for hydroxylation is 1. The number of aromatic nitrogens is 3. The van der Waals surface area contributed by atoms with Crippen molar-refractivity contribution in [2.24, 2.45) is 7.05 Å². The lowest BCUT2D eigenvalue weighted by Crippen LogP contribution is -2.35. The van der Waals surface area contributed by atoms with Gasteiger partial charge < -0.3 is 15.0 Å². The number of anilines is 1. The molecule has 2 atom stereocenters. The molecule has 0 saturated heterocycles. The van der Waals surface area contributed by atoms with Crippen LogP contribution in [-0.4, -0.2) is 51.9 Å². The molecular formula is C23H29N5O3. The maximum atomic E-state index is 12.4. The van der Waals surface area contributed by atoms with E-state index in [0.717, 1.165) is 5.56 Å². The summed E-state index contributed by atoms with van der Waals surface area (Å²) in [5.74, 6) is 0.218. The van der Waals surface area contributed by atoms with Crippen molar-refractivity contribution in [1.82, 2.24) is 19.7 Å². The van der Waals surface area contributed by atoms with Gasteiger partial charge in [0.25, 0.3) is 5.56 Å². The Morgan fingerprint density at radius 1 is 1.13 bits per heavy atom. The fraction of sp³-hybridized carbons (Fsp3) is 0.391. The average molecular weight is 424 g/mol. The fourth-order valence-electron chi connectivity index (χ4n) is 3.71. The van der Waals surface area contributed by atoms with Crippen LogP contribution in [0.3, 0.4) is 0 Å². The molecule has 31 heavy (non-hydrogen) atoms. The molecule has 1 N–H and O–H groups in total. The summed E-state index contributed by atoms with van der Waals surface area (Å²) in [5.41, 5.74) is 1.91. The van der Waals surface area contributed by atoms with Gasteiger partial charge in [-0.15, -0.1) is 0 Å². The summed E-state index contributed by atoms with van der Waals surface area (Å²) in [4.78, 5) is 31.0. The van der Waals surface area contributed by atoms with E-state index in [-0.39, 0.29) is 29.7 Å².